The number of amides is 2. The predicted octanol–water partition coefficient (Wildman–Crippen LogP) is 3.91. The highest BCUT2D eigenvalue weighted by atomic mass is 35.5. The summed E-state index contributed by atoms with van der Waals surface area (Å²) >= 11 is 6.11. The Morgan fingerprint density at radius 2 is 1.79 bits per heavy atom. The smallest absolute Gasteiger partial charge is 0.352 e. The topological polar surface area (TPSA) is 121 Å². The predicted molar refractivity (Wildman–Crippen MR) is 136 cm³/mol. The third kappa shape index (κ3) is 5.04. The molecule has 39 heavy (non-hydrogen) atoms. The van der Waals surface area contributed by atoms with Gasteiger partial charge in [0.15, 0.2) is 5.82 Å². The summed E-state index contributed by atoms with van der Waals surface area (Å²) in [6, 6.07) is 13.4. The van der Waals surface area contributed by atoms with Gasteiger partial charge in [-0.25, -0.2) is 18.4 Å². The number of rotatable bonds is 8. The summed E-state index contributed by atoms with van der Waals surface area (Å²) < 4.78 is 39.7. The van der Waals surface area contributed by atoms with Gasteiger partial charge in [0, 0.05) is 24.4 Å². The van der Waals surface area contributed by atoms with E-state index in [1.807, 2.05) is 0 Å². The van der Waals surface area contributed by atoms with Crippen molar-refractivity contribution >= 4 is 23.4 Å². The van der Waals surface area contributed by atoms with Crippen LogP contribution in [0, 0.1) is 11.6 Å². The number of nitrogens with two attached hydrogens (primary N) is 1. The van der Waals surface area contributed by atoms with Crippen LogP contribution in [0.2, 0.25) is 5.02 Å². The van der Waals surface area contributed by atoms with Gasteiger partial charge in [0.1, 0.15) is 30.2 Å². The lowest BCUT2D eigenvalue weighted by molar-refractivity contribution is -0.182. The Morgan fingerprint density at radius 1 is 1.05 bits per heavy atom. The number of nitrogens with zero attached hydrogens (tertiary/aromatic N) is 3. The zero-order valence-corrected chi connectivity index (χ0v) is 20.8. The molecule has 0 fully saturated rings. The van der Waals surface area contributed by atoms with E-state index in [1.54, 1.807) is 24.4 Å². The second kappa shape index (κ2) is 10.5. The first kappa shape index (κ1) is 25.9. The summed E-state index contributed by atoms with van der Waals surface area (Å²) in [5.41, 5.74) is 7.02. The van der Waals surface area contributed by atoms with E-state index >= 15 is 0 Å². The van der Waals surface area contributed by atoms with Crippen molar-refractivity contribution in [3.8, 4) is 17.1 Å². The number of hydrogen-bond acceptors (Lipinski definition) is 6. The molecule has 3 heterocycles. The summed E-state index contributed by atoms with van der Waals surface area (Å²) in [6.07, 6.45) is 5.32. The molecule has 0 spiro atoms. The standard InChI is InChI=1S/C27H20ClF2N5O4/c28-23-18(3-1-5-20(23)30)21-10-12-35(34-21)24-19(4-2-11-32-24)25(36)33-22(15-16-6-8-17(29)9-7-16)27(26(31)37)38-13-14-39-27/h1-14,22H,15H2,(H2,31,37)(H,33,36). The molecule has 9 nitrogen and oxygen atoms in total. The number of primary amides is 1. The fourth-order valence-electron chi connectivity index (χ4n) is 4.15. The van der Waals surface area contributed by atoms with Crippen molar-refractivity contribution in [1.82, 2.24) is 20.1 Å². The molecule has 0 bridgehead atoms. The van der Waals surface area contributed by atoms with Crippen LogP contribution in [0.1, 0.15) is 15.9 Å². The molecule has 0 saturated heterocycles. The molecule has 12 heteroatoms. The molecule has 1 unspecified atom stereocenters. The SMILES string of the molecule is NC(=O)C1(C(Cc2ccc(F)cc2)NC(=O)c2cccnc2-n2ccc(-c3cccc(F)c3Cl)n2)OC=CO1. The Bertz CT molecular complexity index is 1570. The van der Waals surface area contributed by atoms with Gasteiger partial charge in [-0.2, -0.15) is 5.10 Å². The van der Waals surface area contributed by atoms with Crippen molar-refractivity contribution in [2.75, 3.05) is 0 Å². The largest absolute Gasteiger partial charge is 0.447 e. The van der Waals surface area contributed by atoms with Crippen LogP contribution < -0.4 is 11.1 Å². The summed E-state index contributed by atoms with van der Waals surface area (Å²) in [6.45, 7) is 0. The van der Waals surface area contributed by atoms with Crippen LogP contribution >= 0.6 is 11.6 Å². The highest BCUT2D eigenvalue weighted by Gasteiger charge is 2.51. The van der Waals surface area contributed by atoms with Gasteiger partial charge in [-0.1, -0.05) is 35.9 Å². The lowest BCUT2D eigenvalue weighted by atomic mass is 9.97. The summed E-state index contributed by atoms with van der Waals surface area (Å²) in [7, 11) is 0. The van der Waals surface area contributed by atoms with E-state index in [2.05, 4.69) is 15.4 Å². The van der Waals surface area contributed by atoms with Gasteiger partial charge in [-0.3, -0.25) is 9.59 Å². The molecule has 4 aromatic rings. The average Bonchev–Trinajstić information content (AvgIpc) is 3.62. The number of hydrogen-bond donors (Lipinski definition) is 2. The fourth-order valence-corrected chi connectivity index (χ4v) is 4.38. The molecular formula is C27H20ClF2N5O4. The van der Waals surface area contributed by atoms with Gasteiger partial charge in [0.25, 0.3) is 5.91 Å². The minimum Gasteiger partial charge on any atom is -0.447 e. The van der Waals surface area contributed by atoms with Crippen LogP contribution in [0.15, 0.2) is 85.6 Å². The maximum Gasteiger partial charge on any atom is 0.352 e. The monoisotopic (exact) mass is 551 g/mol. The Hall–Kier alpha value is -4.77. The van der Waals surface area contributed by atoms with E-state index in [4.69, 9.17) is 26.8 Å². The summed E-state index contributed by atoms with van der Waals surface area (Å²) in [4.78, 5) is 30.3. The Balaban J connectivity index is 1.47. The molecule has 0 radical (unpaired) electrons. The number of nitrogens with one attached hydrogen (secondary N) is 1. The molecule has 3 N–H and O–H groups in total. The van der Waals surface area contributed by atoms with Crippen molar-refractivity contribution in [3.05, 3.63) is 113 Å². The van der Waals surface area contributed by atoms with Crippen LogP contribution in [0.4, 0.5) is 8.78 Å². The second-order valence-corrected chi connectivity index (χ2v) is 8.90. The average molecular weight is 552 g/mol. The zero-order chi connectivity index (χ0) is 27.6. The molecule has 0 aliphatic carbocycles. The molecule has 2 aromatic heterocycles. The highest BCUT2D eigenvalue weighted by Crippen LogP contribution is 2.30. The van der Waals surface area contributed by atoms with Crippen molar-refractivity contribution < 1.29 is 27.8 Å². The number of halogens is 3. The van der Waals surface area contributed by atoms with Gasteiger partial charge >= 0.3 is 11.7 Å². The third-order valence-corrected chi connectivity index (χ3v) is 6.45. The first-order valence-electron chi connectivity index (χ1n) is 11.6. The van der Waals surface area contributed by atoms with Gasteiger partial charge in [-0.15, -0.1) is 0 Å². The van der Waals surface area contributed by atoms with Gasteiger partial charge < -0.3 is 20.5 Å². The van der Waals surface area contributed by atoms with Gasteiger partial charge in [0.2, 0.25) is 0 Å². The number of carbonyl (C=O) groups excluding carboxylic acids is 2. The fraction of sp³-hybridized carbons (Fsp3) is 0.111. The number of pyridine rings is 1. The lowest BCUT2D eigenvalue weighted by Gasteiger charge is -2.33. The molecule has 1 atom stereocenters. The van der Waals surface area contributed by atoms with Crippen LogP contribution in [0.5, 0.6) is 0 Å². The Labute approximate surface area is 225 Å². The zero-order valence-electron chi connectivity index (χ0n) is 20.1. The minimum atomic E-state index is -2.04. The van der Waals surface area contributed by atoms with Gasteiger partial charge in [-0.05, 0) is 42.0 Å². The van der Waals surface area contributed by atoms with Crippen LogP contribution in [0.25, 0.3) is 17.1 Å². The minimum absolute atomic E-state index is 0.0101. The van der Waals surface area contributed by atoms with Crippen LogP contribution in [-0.2, 0) is 20.7 Å². The van der Waals surface area contributed by atoms with E-state index in [9.17, 15) is 18.4 Å². The highest BCUT2D eigenvalue weighted by molar-refractivity contribution is 6.33. The molecule has 2 amide bonds. The second-order valence-electron chi connectivity index (χ2n) is 8.52. The first-order chi connectivity index (χ1) is 18.8. The third-order valence-electron chi connectivity index (χ3n) is 6.07. The number of benzene rings is 2. The van der Waals surface area contributed by atoms with E-state index in [-0.39, 0.29) is 22.8 Å². The summed E-state index contributed by atoms with van der Waals surface area (Å²) in [5, 5.41) is 7.08. The molecule has 5 rings (SSSR count). The molecule has 1 aliphatic rings. The van der Waals surface area contributed by atoms with E-state index in [0.29, 0.717) is 16.8 Å². The maximum atomic E-state index is 14.0. The molecule has 198 valence electrons. The van der Waals surface area contributed by atoms with Crippen molar-refractivity contribution in [3.63, 3.8) is 0 Å². The van der Waals surface area contributed by atoms with Gasteiger partial charge in [0.05, 0.1) is 16.3 Å². The van der Waals surface area contributed by atoms with E-state index in [0.717, 1.165) is 12.5 Å². The normalized spacial score (nSPS) is 14.3. The molecule has 1 aliphatic heterocycles. The van der Waals surface area contributed by atoms with E-state index in [1.165, 1.54) is 53.3 Å². The summed E-state index contributed by atoms with van der Waals surface area (Å²) in [5.74, 6) is -4.56. The Morgan fingerprint density at radius 3 is 2.51 bits per heavy atom. The van der Waals surface area contributed by atoms with Crippen molar-refractivity contribution in [2.24, 2.45) is 5.73 Å². The Kier molecular flexibility index (Phi) is 6.99. The quantitative estimate of drug-likeness (QED) is 0.342. The molecule has 2 aromatic carbocycles. The van der Waals surface area contributed by atoms with E-state index < -0.39 is 35.3 Å². The number of aromatic nitrogens is 3. The lowest BCUT2D eigenvalue weighted by Crippen LogP contribution is -2.61. The van der Waals surface area contributed by atoms with Crippen molar-refractivity contribution in [1.29, 1.82) is 0 Å². The number of carbonyl (C=O) groups is 2. The number of ether oxygens (including phenoxy) is 2. The van der Waals surface area contributed by atoms with Crippen molar-refractivity contribution in [2.45, 2.75) is 18.2 Å². The first-order valence-corrected chi connectivity index (χ1v) is 12.0. The van der Waals surface area contributed by atoms with Crippen LogP contribution in [0.3, 0.4) is 0 Å². The maximum absolute atomic E-state index is 14.0. The molecular weight excluding hydrogens is 532 g/mol. The molecule has 0 saturated carbocycles. The van der Waals surface area contributed by atoms with Crippen LogP contribution in [-0.4, -0.2) is 38.4 Å².